The van der Waals surface area contributed by atoms with Gasteiger partial charge < -0.3 is 20.4 Å². The van der Waals surface area contributed by atoms with Gasteiger partial charge in [0.2, 0.25) is 0 Å². The number of carboxylic acid groups (broad SMARTS) is 1. The van der Waals surface area contributed by atoms with E-state index < -0.39 is 17.5 Å². The van der Waals surface area contributed by atoms with Gasteiger partial charge in [-0.2, -0.15) is 0 Å². The predicted octanol–water partition coefficient (Wildman–Crippen LogP) is 4.50. The Morgan fingerprint density at radius 3 is 2.42 bits per heavy atom. The minimum atomic E-state index is -1.22. The molecule has 5 nitrogen and oxygen atoms in total. The minimum absolute atomic E-state index is 0.111. The Kier molecular flexibility index (Phi) is 5.62. The largest absolute Gasteiger partial charge is 0.508 e. The molecule has 0 aromatic heterocycles. The summed E-state index contributed by atoms with van der Waals surface area (Å²) in [4.78, 5) is 12.4. The van der Waals surface area contributed by atoms with Crippen molar-refractivity contribution in [3.63, 3.8) is 0 Å². The normalized spacial score (nSPS) is 37.6. The van der Waals surface area contributed by atoms with Crippen LogP contribution in [0.25, 0.3) is 0 Å². The third-order valence-corrected chi connectivity index (χ3v) is 6.36. The summed E-state index contributed by atoms with van der Waals surface area (Å²) in [6.45, 7) is 11.7. The van der Waals surface area contributed by atoms with Crippen molar-refractivity contribution in [1.82, 2.24) is 0 Å². The number of rotatable bonds is 2. The van der Waals surface area contributed by atoms with Crippen LogP contribution in [0.5, 0.6) is 0 Å². The van der Waals surface area contributed by atoms with Crippen molar-refractivity contribution in [2.45, 2.75) is 65.9 Å². The third-order valence-electron chi connectivity index (χ3n) is 6.36. The van der Waals surface area contributed by atoms with Gasteiger partial charge in [0.05, 0.1) is 11.5 Å². The van der Waals surface area contributed by atoms with Crippen LogP contribution in [-0.4, -0.2) is 32.5 Å². The molecule has 0 radical (unpaired) electrons. The zero-order valence-corrected chi connectivity index (χ0v) is 16.2. The first-order valence-corrected chi connectivity index (χ1v) is 9.35. The van der Waals surface area contributed by atoms with Gasteiger partial charge in [0.25, 0.3) is 0 Å². The molecule has 5 heteroatoms. The first kappa shape index (κ1) is 20.6. The van der Waals surface area contributed by atoms with Crippen LogP contribution in [0.15, 0.2) is 35.3 Å². The number of aliphatic hydroxyl groups excluding tert-OH is 3. The molecule has 146 valence electrons. The van der Waals surface area contributed by atoms with Crippen molar-refractivity contribution in [2.24, 2.45) is 22.7 Å². The molecule has 3 atom stereocenters. The van der Waals surface area contributed by atoms with E-state index in [9.17, 15) is 25.2 Å². The topological polar surface area (TPSA) is 98.0 Å². The molecule has 1 fully saturated rings. The molecule has 0 aliphatic heterocycles. The highest BCUT2D eigenvalue weighted by Gasteiger charge is 2.55. The Labute approximate surface area is 155 Å². The highest BCUT2D eigenvalue weighted by Crippen LogP contribution is 2.56. The average Bonchev–Trinajstić information content (AvgIpc) is 2.53. The quantitative estimate of drug-likeness (QED) is 0.578. The predicted molar refractivity (Wildman–Crippen MR) is 101 cm³/mol. The smallest absolute Gasteiger partial charge is 0.310 e. The Hall–Kier alpha value is -1.75. The van der Waals surface area contributed by atoms with Gasteiger partial charge in [-0.3, -0.25) is 4.79 Å². The molecule has 0 spiro atoms. The van der Waals surface area contributed by atoms with Crippen molar-refractivity contribution in [1.29, 1.82) is 0 Å². The number of aliphatic carboxylic acids is 1. The minimum Gasteiger partial charge on any atom is -0.508 e. The second-order valence-electron chi connectivity index (χ2n) is 8.91. The molecule has 0 bridgehead atoms. The Morgan fingerprint density at radius 1 is 1.27 bits per heavy atom. The highest BCUT2D eigenvalue weighted by molar-refractivity contribution is 5.76. The molecule has 0 heterocycles. The molecule has 0 aromatic carbocycles. The van der Waals surface area contributed by atoms with Gasteiger partial charge in [0.1, 0.15) is 5.76 Å². The Bertz CT molecular complexity index is 655. The monoisotopic (exact) mass is 364 g/mol. The second-order valence-corrected chi connectivity index (χ2v) is 8.91. The lowest BCUT2D eigenvalue weighted by molar-refractivity contribution is -0.163. The Balaban J connectivity index is 2.69. The van der Waals surface area contributed by atoms with Crippen molar-refractivity contribution in [2.75, 3.05) is 0 Å². The van der Waals surface area contributed by atoms with Crippen molar-refractivity contribution >= 4 is 5.97 Å². The van der Waals surface area contributed by atoms with Crippen molar-refractivity contribution in [3.8, 4) is 0 Å². The fourth-order valence-corrected chi connectivity index (χ4v) is 4.77. The van der Waals surface area contributed by atoms with Crippen molar-refractivity contribution in [3.05, 3.63) is 35.3 Å². The maximum absolute atomic E-state index is 12.4. The molecule has 4 N–H and O–H groups in total. The summed E-state index contributed by atoms with van der Waals surface area (Å²) in [5, 5.41) is 42.1. The first-order chi connectivity index (χ1) is 11.9. The molecular formula is C21H32O5. The molecule has 2 rings (SSSR count). The summed E-state index contributed by atoms with van der Waals surface area (Å²) in [6, 6.07) is 0. The molecule has 2 aliphatic carbocycles. The number of aliphatic hydroxyl groups is 3. The van der Waals surface area contributed by atoms with Gasteiger partial charge in [-0.25, -0.2) is 0 Å². The van der Waals surface area contributed by atoms with E-state index in [1.54, 1.807) is 6.08 Å². The van der Waals surface area contributed by atoms with E-state index >= 15 is 0 Å². The van der Waals surface area contributed by atoms with Gasteiger partial charge >= 0.3 is 5.97 Å². The molecule has 26 heavy (non-hydrogen) atoms. The van der Waals surface area contributed by atoms with Crippen LogP contribution >= 0.6 is 0 Å². The number of carboxylic acids is 1. The summed E-state index contributed by atoms with van der Waals surface area (Å²) < 4.78 is 0. The number of fused-ring (bicyclic) bond motifs is 1. The summed E-state index contributed by atoms with van der Waals surface area (Å²) in [6.07, 6.45) is 2.86. The van der Waals surface area contributed by atoms with E-state index in [2.05, 4.69) is 6.58 Å². The zero-order valence-electron chi connectivity index (χ0n) is 16.2. The fraction of sp³-hybridized carbons (Fsp3) is 0.667. The molecule has 0 saturated heterocycles. The van der Waals surface area contributed by atoms with Gasteiger partial charge in [0, 0.05) is 12.0 Å². The van der Waals surface area contributed by atoms with E-state index in [-0.39, 0.29) is 41.6 Å². The molecule has 1 saturated carbocycles. The van der Waals surface area contributed by atoms with Gasteiger partial charge in [0.15, 0.2) is 5.76 Å². The van der Waals surface area contributed by atoms with E-state index in [4.69, 9.17) is 0 Å². The summed E-state index contributed by atoms with van der Waals surface area (Å²) in [7, 11) is 0. The SMILES string of the molecule is C=C1/C=C(C(C)C)\C(O)=C(\O)C[C@@]2(C(=O)O)CCCC(C)(C)[C@@H]2C[C@H]1O. The summed E-state index contributed by atoms with van der Waals surface area (Å²) >= 11 is 0. The highest BCUT2D eigenvalue weighted by atomic mass is 16.4. The van der Waals surface area contributed by atoms with Crippen LogP contribution in [0.3, 0.4) is 0 Å². The molecular weight excluding hydrogens is 332 g/mol. The third kappa shape index (κ3) is 3.54. The first-order valence-electron chi connectivity index (χ1n) is 9.35. The van der Waals surface area contributed by atoms with Crippen LogP contribution in [0.2, 0.25) is 0 Å². The summed E-state index contributed by atoms with van der Waals surface area (Å²) in [5.74, 6) is -2.03. The molecule has 0 amide bonds. The maximum Gasteiger partial charge on any atom is 0.310 e. The van der Waals surface area contributed by atoms with Crippen LogP contribution in [0.4, 0.5) is 0 Å². The molecule has 0 aromatic rings. The zero-order chi connectivity index (χ0) is 19.9. The van der Waals surface area contributed by atoms with Gasteiger partial charge in [-0.1, -0.05) is 40.7 Å². The van der Waals surface area contributed by atoms with E-state index in [0.29, 0.717) is 17.6 Å². The average molecular weight is 364 g/mol. The number of allylic oxidation sites excluding steroid dienone is 2. The van der Waals surface area contributed by atoms with Gasteiger partial charge in [-0.15, -0.1) is 0 Å². The van der Waals surface area contributed by atoms with Crippen LogP contribution in [-0.2, 0) is 4.79 Å². The lowest BCUT2D eigenvalue weighted by Crippen LogP contribution is -2.50. The summed E-state index contributed by atoms with van der Waals surface area (Å²) in [5.41, 5.74) is -0.644. The van der Waals surface area contributed by atoms with E-state index in [1.807, 2.05) is 27.7 Å². The Morgan fingerprint density at radius 2 is 1.88 bits per heavy atom. The van der Waals surface area contributed by atoms with E-state index in [1.165, 1.54) is 0 Å². The molecule has 2 aliphatic rings. The van der Waals surface area contributed by atoms with Crippen LogP contribution < -0.4 is 0 Å². The number of hydrogen-bond acceptors (Lipinski definition) is 4. The number of hydrogen-bond donors (Lipinski definition) is 4. The second kappa shape index (κ2) is 7.10. The fourth-order valence-electron chi connectivity index (χ4n) is 4.77. The standard InChI is InChI=1S/C21H32O5/c1-12(2)14-9-13(3)15(22)10-17-20(4,5)7-6-8-21(17,19(25)26)11-16(23)18(14)24/h9,12,15,17,22-24H,3,6-8,10-11H2,1-2,4-5H3,(H,25,26)/b14-9-,18-16-/t15-,17+,21+/m1/s1. The lowest BCUT2D eigenvalue weighted by Gasteiger charge is -2.51. The van der Waals surface area contributed by atoms with Gasteiger partial charge in [-0.05, 0) is 48.2 Å². The lowest BCUT2D eigenvalue weighted by atomic mass is 9.52. The van der Waals surface area contributed by atoms with Crippen LogP contribution in [0.1, 0.15) is 59.8 Å². The van der Waals surface area contributed by atoms with Crippen molar-refractivity contribution < 1.29 is 25.2 Å². The number of carbonyl (C=O) groups is 1. The van der Waals surface area contributed by atoms with Crippen LogP contribution in [0, 0.1) is 22.7 Å². The molecule has 0 unspecified atom stereocenters. The van der Waals surface area contributed by atoms with E-state index in [0.717, 1.165) is 12.8 Å². The maximum atomic E-state index is 12.4.